The third-order valence-electron chi connectivity index (χ3n) is 2.65. The zero-order chi connectivity index (χ0) is 14.5. The van der Waals surface area contributed by atoms with Crippen molar-refractivity contribution >= 4 is 11.8 Å². The number of nitrogens with two attached hydrogens (primary N) is 1. The average Bonchev–Trinajstić information content (AvgIpc) is 2.82. The molecule has 1 atom stereocenters. The van der Waals surface area contributed by atoms with E-state index in [1.54, 1.807) is 16.4 Å². The van der Waals surface area contributed by atoms with Crippen LogP contribution in [0.1, 0.15) is 25.5 Å². The highest BCUT2D eigenvalue weighted by atomic mass is 32.2. The highest BCUT2D eigenvalue weighted by molar-refractivity contribution is 7.99. The molecular weight excluding hydrogens is 274 g/mol. The predicted octanol–water partition coefficient (Wildman–Crippen LogP) is 1.79. The van der Waals surface area contributed by atoms with Crippen molar-refractivity contribution in [1.29, 1.82) is 0 Å². The van der Waals surface area contributed by atoms with Crippen molar-refractivity contribution in [3.8, 4) is 5.75 Å². The number of nitrogens with zero attached hydrogens (tertiary/aromatic N) is 4. The Balaban J connectivity index is 1.92. The first-order chi connectivity index (χ1) is 9.56. The van der Waals surface area contributed by atoms with Gasteiger partial charge in [-0.05, 0) is 42.0 Å². The van der Waals surface area contributed by atoms with Crippen molar-refractivity contribution in [2.45, 2.75) is 31.1 Å². The van der Waals surface area contributed by atoms with Crippen molar-refractivity contribution < 1.29 is 4.74 Å². The summed E-state index contributed by atoms with van der Waals surface area (Å²) in [7, 11) is 1.81. The largest absolute Gasteiger partial charge is 0.491 e. The first kappa shape index (κ1) is 14.8. The smallest absolute Gasteiger partial charge is 0.209 e. The second-order valence-electron chi connectivity index (χ2n) is 4.74. The second-order valence-corrected chi connectivity index (χ2v) is 5.73. The van der Waals surface area contributed by atoms with Crippen LogP contribution in [0.5, 0.6) is 5.75 Å². The molecule has 0 saturated heterocycles. The predicted molar refractivity (Wildman–Crippen MR) is 78.7 cm³/mol. The molecule has 1 aromatic carbocycles. The molecule has 0 aliphatic carbocycles. The molecule has 0 fully saturated rings. The average molecular weight is 293 g/mol. The maximum absolute atomic E-state index is 6.17. The molecule has 0 radical (unpaired) electrons. The zero-order valence-corrected chi connectivity index (χ0v) is 12.7. The van der Waals surface area contributed by atoms with E-state index in [1.165, 1.54) is 0 Å². The molecule has 7 heteroatoms. The molecule has 20 heavy (non-hydrogen) atoms. The molecule has 0 bridgehead atoms. The third-order valence-corrected chi connectivity index (χ3v) is 3.78. The number of aryl methyl sites for hydroxylation is 1. The van der Waals surface area contributed by atoms with Gasteiger partial charge in [0, 0.05) is 18.8 Å². The standard InChI is InChI=1S/C13H19N5OS/c1-9(2)19-11-6-4-10(5-7-11)12(14)8-20-13-15-16-17-18(13)3/h4-7,9,12H,8,14H2,1-3H3. The number of aromatic nitrogens is 4. The van der Waals surface area contributed by atoms with E-state index in [-0.39, 0.29) is 12.1 Å². The quantitative estimate of drug-likeness (QED) is 0.818. The molecule has 108 valence electrons. The van der Waals surface area contributed by atoms with E-state index in [4.69, 9.17) is 10.5 Å². The Hall–Kier alpha value is -1.60. The molecule has 0 spiro atoms. The van der Waals surface area contributed by atoms with Gasteiger partial charge in [0.05, 0.1) is 6.10 Å². The number of hydrogen-bond acceptors (Lipinski definition) is 6. The highest BCUT2D eigenvalue weighted by Crippen LogP contribution is 2.22. The Morgan fingerprint density at radius 2 is 2.00 bits per heavy atom. The number of hydrogen-bond donors (Lipinski definition) is 1. The third kappa shape index (κ3) is 3.94. The molecule has 6 nitrogen and oxygen atoms in total. The minimum absolute atomic E-state index is 0.0650. The van der Waals surface area contributed by atoms with E-state index < -0.39 is 0 Å². The summed E-state index contributed by atoms with van der Waals surface area (Å²) in [6.07, 6.45) is 0.175. The molecule has 0 aliphatic heterocycles. The summed E-state index contributed by atoms with van der Waals surface area (Å²) in [5.41, 5.74) is 7.25. The molecule has 1 unspecified atom stereocenters. The van der Waals surface area contributed by atoms with Gasteiger partial charge >= 0.3 is 0 Å². The molecule has 2 N–H and O–H groups in total. The lowest BCUT2D eigenvalue weighted by Crippen LogP contribution is -2.13. The van der Waals surface area contributed by atoms with E-state index in [0.717, 1.165) is 22.2 Å². The fraction of sp³-hybridized carbons (Fsp3) is 0.462. The van der Waals surface area contributed by atoms with Crippen LogP contribution < -0.4 is 10.5 Å². The maximum Gasteiger partial charge on any atom is 0.209 e. The van der Waals surface area contributed by atoms with E-state index >= 15 is 0 Å². The molecule has 0 saturated carbocycles. The molecule has 2 aromatic rings. The minimum Gasteiger partial charge on any atom is -0.491 e. The van der Waals surface area contributed by atoms with E-state index in [1.807, 2.05) is 45.2 Å². The van der Waals surface area contributed by atoms with Gasteiger partial charge < -0.3 is 10.5 Å². The van der Waals surface area contributed by atoms with Gasteiger partial charge in [-0.25, -0.2) is 4.68 Å². The number of thioether (sulfide) groups is 1. The van der Waals surface area contributed by atoms with Crippen LogP contribution in [-0.4, -0.2) is 32.1 Å². The minimum atomic E-state index is -0.0650. The maximum atomic E-state index is 6.17. The van der Waals surface area contributed by atoms with E-state index in [9.17, 15) is 0 Å². The fourth-order valence-corrected chi connectivity index (χ4v) is 2.51. The van der Waals surface area contributed by atoms with Crippen molar-refractivity contribution in [2.75, 3.05) is 5.75 Å². The van der Waals surface area contributed by atoms with Gasteiger partial charge in [-0.15, -0.1) is 5.10 Å². The van der Waals surface area contributed by atoms with Crippen molar-refractivity contribution in [1.82, 2.24) is 20.2 Å². The number of rotatable bonds is 6. The second kappa shape index (κ2) is 6.71. The summed E-state index contributed by atoms with van der Waals surface area (Å²) < 4.78 is 7.24. The van der Waals surface area contributed by atoms with Gasteiger partial charge in [-0.2, -0.15) is 0 Å². The lowest BCUT2D eigenvalue weighted by molar-refractivity contribution is 0.242. The van der Waals surface area contributed by atoms with Crippen LogP contribution in [0, 0.1) is 0 Å². The van der Waals surface area contributed by atoms with Gasteiger partial charge in [0.15, 0.2) is 0 Å². The van der Waals surface area contributed by atoms with Crippen LogP contribution in [0.15, 0.2) is 29.4 Å². The zero-order valence-electron chi connectivity index (χ0n) is 11.9. The Kier molecular flexibility index (Phi) is 4.97. The summed E-state index contributed by atoms with van der Waals surface area (Å²) in [5.74, 6) is 1.58. The van der Waals surface area contributed by atoms with Crippen LogP contribution in [0.4, 0.5) is 0 Å². The summed E-state index contributed by atoms with van der Waals surface area (Å²) >= 11 is 1.54. The number of tetrazole rings is 1. The van der Waals surface area contributed by atoms with Crippen LogP contribution in [0.25, 0.3) is 0 Å². The molecule has 0 aliphatic rings. The van der Waals surface area contributed by atoms with Gasteiger partial charge in [0.1, 0.15) is 5.75 Å². The monoisotopic (exact) mass is 293 g/mol. The summed E-state index contributed by atoms with van der Waals surface area (Å²) in [6.45, 7) is 4.01. The SMILES string of the molecule is CC(C)Oc1ccc(C(N)CSc2nnnn2C)cc1. The number of benzene rings is 1. The lowest BCUT2D eigenvalue weighted by Gasteiger charge is -2.13. The highest BCUT2D eigenvalue weighted by Gasteiger charge is 2.10. The van der Waals surface area contributed by atoms with Gasteiger partial charge in [0.25, 0.3) is 0 Å². The molecule has 2 rings (SSSR count). The van der Waals surface area contributed by atoms with Crippen LogP contribution >= 0.6 is 11.8 Å². The van der Waals surface area contributed by atoms with E-state index in [0.29, 0.717) is 0 Å². The first-order valence-corrected chi connectivity index (χ1v) is 7.42. The molecule has 0 amide bonds. The normalized spacial score (nSPS) is 12.7. The fourth-order valence-electron chi connectivity index (χ4n) is 1.67. The Bertz CT molecular complexity index is 540. The van der Waals surface area contributed by atoms with Crippen LogP contribution in [-0.2, 0) is 7.05 Å². The van der Waals surface area contributed by atoms with Crippen LogP contribution in [0.3, 0.4) is 0 Å². The van der Waals surface area contributed by atoms with Crippen molar-refractivity contribution in [3.05, 3.63) is 29.8 Å². The molecule has 1 heterocycles. The molecule has 1 aromatic heterocycles. The Morgan fingerprint density at radius 1 is 1.30 bits per heavy atom. The van der Waals surface area contributed by atoms with Gasteiger partial charge in [-0.3, -0.25) is 0 Å². The Morgan fingerprint density at radius 3 is 2.55 bits per heavy atom. The number of ether oxygens (including phenoxy) is 1. The van der Waals surface area contributed by atoms with Gasteiger partial charge in [-0.1, -0.05) is 23.9 Å². The first-order valence-electron chi connectivity index (χ1n) is 6.43. The van der Waals surface area contributed by atoms with Crippen molar-refractivity contribution in [2.24, 2.45) is 12.8 Å². The topological polar surface area (TPSA) is 78.8 Å². The van der Waals surface area contributed by atoms with Crippen molar-refractivity contribution in [3.63, 3.8) is 0 Å². The van der Waals surface area contributed by atoms with E-state index in [2.05, 4.69) is 15.5 Å². The Labute approximate surface area is 122 Å². The summed E-state index contributed by atoms with van der Waals surface area (Å²) in [4.78, 5) is 0. The summed E-state index contributed by atoms with van der Waals surface area (Å²) in [6, 6.07) is 7.83. The molecular formula is C13H19N5OS. The lowest BCUT2D eigenvalue weighted by atomic mass is 10.1. The summed E-state index contributed by atoms with van der Waals surface area (Å²) in [5, 5.41) is 12.1. The van der Waals surface area contributed by atoms with Crippen LogP contribution in [0.2, 0.25) is 0 Å². The van der Waals surface area contributed by atoms with Gasteiger partial charge in [0.2, 0.25) is 5.16 Å².